The Morgan fingerprint density at radius 2 is 1.76 bits per heavy atom. The summed E-state index contributed by atoms with van der Waals surface area (Å²) >= 11 is 0. The lowest BCUT2D eigenvalue weighted by molar-refractivity contribution is 0.168. The number of phenols is 1. The number of anilines is 1. The second-order valence-electron chi connectivity index (χ2n) is 4.77. The van der Waals surface area contributed by atoms with Crippen molar-refractivity contribution in [3.05, 3.63) is 24.3 Å². The highest BCUT2D eigenvalue weighted by Crippen LogP contribution is 2.38. The molecular formula is C13H13NO9S2. The molecule has 2 rings (SSSR count). The molecule has 12 heteroatoms. The largest absolute Gasteiger partial charge is 0.507 e. The predicted octanol–water partition coefficient (Wildman–Crippen LogP) is 1.61. The minimum absolute atomic E-state index is 0.0474. The first-order valence-corrected chi connectivity index (χ1v) is 9.51. The molecule has 0 atom stereocenters. The standard InChI is InChI=1S/C13H13NO9S2/c1-2-23-13(16)14-9-3-4-11(25(20,21)22)8-5-7(24(17,18)19)6-10(15)12(8)9/h3-6,15H,2H2,1H3,(H,14,16)(H,17,18,19)(H,20,21,22). The van der Waals surface area contributed by atoms with Crippen LogP contribution in [0, 0.1) is 0 Å². The van der Waals surface area contributed by atoms with E-state index in [1.54, 1.807) is 6.92 Å². The van der Waals surface area contributed by atoms with Crippen molar-refractivity contribution < 1.29 is 40.6 Å². The van der Waals surface area contributed by atoms with E-state index >= 15 is 0 Å². The van der Waals surface area contributed by atoms with Crippen molar-refractivity contribution in [1.82, 2.24) is 0 Å². The molecule has 0 spiro atoms. The summed E-state index contributed by atoms with van der Waals surface area (Å²) in [6.45, 7) is 1.60. The van der Waals surface area contributed by atoms with Gasteiger partial charge in [-0.05, 0) is 25.1 Å². The number of ether oxygens (including phenoxy) is 1. The van der Waals surface area contributed by atoms with Crippen LogP contribution in [-0.2, 0) is 25.0 Å². The fraction of sp³-hybridized carbons (Fsp3) is 0.154. The molecule has 4 N–H and O–H groups in total. The first-order chi connectivity index (χ1) is 11.4. The van der Waals surface area contributed by atoms with Crippen LogP contribution >= 0.6 is 0 Å². The topological polar surface area (TPSA) is 167 Å². The Bertz CT molecular complexity index is 1060. The molecule has 0 heterocycles. The van der Waals surface area contributed by atoms with Gasteiger partial charge in [0.05, 0.1) is 17.2 Å². The molecule has 0 aliphatic heterocycles. The average molecular weight is 391 g/mol. The zero-order valence-corrected chi connectivity index (χ0v) is 14.3. The Morgan fingerprint density at radius 3 is 2.28 bits per heavy atom. The number of fused-ring (bicyclic) bond motifs is 1. The van der Waals surface area contributed by atoms with Crippen LogP contribution in [0.5, 0.6) is 5.75 Å². The molecule has 0 aliphatic carbocycles. The number of hydrogen-bond donors (Lipinski definition) is 4. The summed E-state index contributed by atoms with van der Waals surface area (Å²) in [5, 5.41) is 11.6. The Labute approximate surface area is 142 Å². The van der Waals surface area contributed by atoms with Gasteiger partial charge in [0.2, 0.25) is 0 Å². The van der Waals surface area contributed by atoms with Crippen molar-refractivity contribution >= 4 is 42.8 Å². The predicted molar refractivity (Wildman–Crippen MR) is 85.9 cm³/mol. The fourth-order valence-electron chi connectivity index (χ4n) is 2.17. The highest BCUT2D eigenvalue weighted by Gasteiger charge is 2.22. The highest BCUT2D eigenvalue weighted by atomic mass is 32.2. The van der Waals surface area contributed by atoms with Gasteiger partial charge in [-0.25, -0.2) is 4.79 Å². The van der Waals surface area contributed by atoms with Gasteiger partial charge < -0.3 is 9.84 Å². The lowest BCUT2D eigenvalue weighted by atomic mass is 10.1. The Balaban J connectivity index is 2.87. The van der Waals surface area contributed by atoms with Crippen LogP contribution in [-0.4, -0.2) is 43.7 Å². The summed E-state index contributed by atoms with van der Waals surface area (Å²) in [5.41, 5.74) is -0.0970. The smallest absolute Gasteiger partial charge is 0.411 e. The van der Waals surface area contributed by atoms with Crippen LogP contribution in [0.3, 0.4) is 0 Å². The molecule has 0 unspecified atom stereocenters. The summed E-state index contributed by atoms with van der Waals surface area (Å²) < 4.78 is 68.7. The lowest BCUT2D eigenvalue weighted by Crippen LogP contribution is -2.14. The van der Waals surface area contributed by atoms with Gasteiger partial charge in [0.25, 0.3) is 20.2 Å². The first-order valence-electron chi connectivity index (χ1n) is 6.63. The minimum Gasteiger partial charge on any atom is -0.507 e. The average Bonchev–Trinajstić information content (AvgIpc) is 2.44. The first kappa shape index (κ1) is 18.9. The summed E-state index contributed by atoms with van der Waals surface area (Å²) in [4.78, 5) is 10.0. The Hall–Kier alpha value is -2.41. The molecule has 2 aromatic carbocycles. The Morgan fingerprint density at radius 1 is 1.12 bits per heavy atom. The van der Waals surface area contributed by atoms with E-state index < -0.39 is 47.3 Å². The van der Waals surface area contributed by atoms with E-state index in [1.807, 2.05) is 0 Å². The van der Waals surface area contributed by atoms with Crippen molar-refractivity contribution in [1.29, 1.82) is 0 Å². The van der Waals surface area contributed by atoms with Crippen LogP contribution < -0.4 is 5.32 Å². The number of rotatable bonds is 4. The van der Waals surface area contributed by atoms with Gasteiger partial charge in [0, 0.05) is 16.8 Å². The molecule has 10 nitrogen and oxygen atoms in total. The SMILES string of the molecule is CCOC(=O)Nc1ccc(S(=O)(=O)O)c2cc(S(=O)(=O)O)cc(O)c12. The van der Waals surface area contributed by atoms with Gasteiger partial charge in [-0.1, -0.05) is 0 Å². The number of carbonyl (C=O) groups excluding carboxylic acids is 1. The van der Waals surface area contributed by atoms with Crippen molar-refractivity contribution in [2.45, 2.75) is 16.7 Å². The van der Waals surface area contributed by atoms with Gasteiger partial charge in [0.1, 0.15) is 10.6 Å². The molecule has 136 valence electrons. The third kappa shape index (κ3) is 3.99. The van der Waals surface area contributed by atoms with E-state index in [-0.39, 0.29) is 17.7 Å². The lowest BCUT2D eigenvalue weighted by Gasteiger charge is -2.13. The minimum atomic E-state index is -4.80. The summed E-state index contributed by atoms with van der Waals surface area (Å²) in [6, 6.07) is 3.38. The number of hydrogen-bond acceptors (Lipinski definition) is 7. The molecule has 25 heavy (non-hydrogen) atoms. The summed E-state index contributed by atoms with van der Waals surface area (Å²) in [5.74, 6) is -0.748. The molecule has 0 saturated heterocycles. The van der Waals surface area contributed by atoms with E-state index in [9.17, 15) is 31.3 Å². The van der Waals surface area contributed by atoms with Gasteiger partial charge >= 0.3 is 6.09 Å². The quantitative estimate of drug-likeness (QED) is 0.566. The maximum Gasteiger partial charge on any atom is 0.411 e. The van der Waals surface area contributed by atoms with Crippen LogP contribution in [0.1, 0.15) is 6.92 Å². The van der Waals surface area contributed by atoms with Crippen molar-refractivity contribution in [2.75, 3.05) is 11.9 Å². The molecule has 0 fully saturated rings. The van der Waals surface area contributed by atoms with Crippen LogP contribution in [0.25, 0.3) is 10.8 Å². The number of carbonyl (C=O) groups is 1. The Kier molecular flexibility index (Phi) is 4.90. The van der Waals surface area contributed by atoms with E-state index in [0.717, 1.165) is 18.2 Å². The van der Waals surface area contributed by atoms with Gasteiger partial charge in [-0.2, -0.15) is 16.8 Å². The number of benzene rings is 2. The van der Waals surface area contributed by atoms with Crippen LogP contribution in [0.15, 0.2) is 34.1 Å². The maximum atomic E-state index is 11.6. The second kappa shape index (κ2) is 6.48. The number of aromatic hydroxyl groups is 1. The summed E-state index contributed by atoms with van der Waals surface area (Å²) in [7, 11) is -9.57. The van der Waals surface area contributed by atoms with E-state index in [2.05, 4.69) is 10.1 Å². The zero-order valence-electron chi connectivity index (χ0n) is 12.6. The van der Waals surface area contributed by atoms with Crippen molar-refractivity contribution in [3.8, 4) is 5.75 Å². The monoisotopic (exact) mass is 391 g/mol. The van der Waals surface area contributed by atoms with Gasteiger partial charge in [0.15, 0.2) is 0 Å². The molecule has 1 amide bonds. The van der Waals surface area contributed by atoms with Gasteiger partial charge in [-0.3, -0.25) is 14.4 Å². The number of nitrogens with one attached hydrogen (secondary N) is 1. The number of phenolic OH excluding ortho intramolecular Hbond substituents is 1. The molecule has 0 radical (unpaired) electrons. The number of amides is 1. The summed E-state index contributed by atoms with van der Waals surface area (Å²) in [6.07, 6.45) is -0.901. The van der Waals surface area contributed by atoms with E-state index in [0.29, 0.717) is 6.07 Å². The molecule has 2 aromatic rings. The third-order valence-corrected chi connectivity index (χ3v) is 4.86. The molecule has 0 aliphatic rings. The fourth-order valence-corrected chi connectivity index (χ4v) is 3.37. The van der Waals surface area contributed by atoms with Crippen molar-refractivity contribution in [3.63, 3.8) is 0 Å². The van der Waals surface area contributed by atoms with E-state index in [1.165, 1.54) is 0 Å². The van der Waals surface area contributed by atoms with Crippen LogP contribution in [0.4, 0.5) is 10.5 Å². The van der Waals surface area contributed by atoms with Gasteiger partial charge in [-0.15, -0.1) is 0 Å². The van der Waals surface area contributed by atoms with E-state index in [4.69, 9.17) is 4.55 Å². The molecule has 0 saturated carbocycles. The molecule has 0 bridgehead atoms. The second-order valence-corrected chi connectivity index (χ2v) is 7.58. The van der Waals surface area contributed by atoms with Crippen LogP contribution in [0.2, 0.25) is 0 Å². The third-order valence-electron chi connectivity index (χ3n) is 3.12. The zero-order chi connectivity index (χ0) is 19.0. The maximum absolute atomic E-state index is 11.6. The molecular weight excluding hydrogens is 378 g/mol. The highest BCUT2D eigenvalue weighted by molar-refractivity contribution is 7.86. The normalized spacial score (nSPS) is 12.1. The molecule has 0 aromatic heterocycles. The van der Waals surface area contributed by atoms with Crippen molar-refractivity contribution in [2.24, 2.45) is 0 Å².